The Morgan fingerprint density at radius 3 is 2.63 bits per heavy atom. The van der Waals surface area contributed by atoms with E-state index >= 15 is 0 Å². The zero-order chi connectivity index (χ0) is 13.8. The molecule has 0 heterocycles. The fourth-order valence-corrected chi connectivity index (χ4v) is 2.61. The van der Waals surface area contributed by atoms with E-state index in [2.05, 4.69) is 30.9 Å². The third kappa shape index (κ3) is 3.71. The quantitative estimate of drug-likeness (QED) is 0.821. The van der Waals surface area contributed by atoms with Gasteiger partial charge in [-0.1, -0.05) is 12.1 Å². The van der Waals surface area contributed by atoms with Gasteiger partial charge in [0.25, 0.3) is 0 Å². The first-order chi connectivity index (χ1) is 9.15. The fraction of sp³-hybridized carbons (Fsp3) is 0.625. The van der Waals surface area contributed by atoms with Crippen molar-refractivity contribution >= 4 is 0 Å². The standard InChI is InChI=1S/C16H26N2O/c1-12(2)18(11-13-7-8-13)16(10-17)14-5-4-6-15(9-14)19-3/h4-6,9,12-13,16H,7-8,10-11,17H2,1-3H3. The number of nitrogens with two attached hydrogens (primary N) is 1. The van der Waals surface area contributed by atoms with Gasteiger partial charge in [0.2, 0.25) is 0 Å². The molecule has 1 unspecified atom stereocenters. The van der Waals surface area contributed by atoms with Gasteiger partial charge >= 0.3 is 0 Å². The van der Waals surface area contributed by atoms with Crippen LogP contribution in [0.25, 0.3) is 0 Å². The normalized spacial score (nSPS) is 16.9. The molecular weight excluding hydrogens is 236 g/mol. The molecule has 0 aromatic heterocycles. The first-order valence-corrected chi connectivity index (χ1v) is 7.25. The van der Waals surface area contributed by atoms with Gasteiger partial charge in [-0.05, 0) is 50.3 Å². The van der Waals surface area contributed by atoms with Crippen molar-refractivity contribution < 1.29 is 4.74 Å². The largest absolute Gasteiger partial charge is 0.497 e. The first-order valence-electron chi connectivity index (χ1n) is 7.25. The summed E-state index contributed by atoms with van der Waals surface area (Å²) in [6.07, 6.45) is 2.75. The van der Waals surface area contributed by atoms with Gasteiger partial charge in [-0.3, -0.25) is 4.90 Å². The maximum absolute atomic E-state index is 6.05. The number of benzene rings is 1. The summed E-state index contributed by atoms with van der Waals surface area (Å²) in [5, 5.41) is 0. The summed E-state index contributed by atoms with van der Waals surface area (Å²) < 4.78 is 5.32. The molecule has 0 aliphatic heterocycles. The highest BCUT2D eigenvalue weighted by molar-refractivity contribution is 5.31. The van der Waals surface area contributed by atoms with Crippen molar-refractivity contribution in [3.05, 3.63) is 29.8 Å². The summed E-state index contributed by atoms with van der Waals surface area (Å²) >= 11 is 0. The van der Waals surface area contributed by atoms with Crippen molar-refractivity contribution in [3.63, 3.8) is 0 Å². The van der Waals surface area contributed by atoms with Crippen LogP contribution in [-0.4, -0.2) is 31.1 Å². The van der Waals surface area contributed by atoms with Crippen LogP contribution in [0.1, 0.15) is 38.3 Å². The summed E-state index contributed by atoms with van der Waals surface area (Å²) in [6, 6.07) is 9.10. The molecule has 1 aliphatic carbocycles. The van der Waals surface area contributed by atoms with E-state index in [1.807, 2.05) is 12.1 Å². The lowest BCUT2D eigenvalue weighted by Gasteiger charge is -2.35. The molecule has 1 saturated carbocycles. The van der Waals surface area contributed by atoms with Crippen molar-refractivity contribution in [1.29, 1.82) is 0 Å². The van der Waals surface area contributed by atoms with Crippen molar-refractivity contribution in [2.24, 2.45) is 11.7 Å². The Morgan fingerprint density at radius 1 is 1.37 bits per heavy atom. The Bertz CT molecular complexity index is 401. The second kappa shape index (κ2) is 6.40. The predicted octanol–water partition coefficient (Wildman–Crippen LogP) is 2.82. The second-order valence-corrected chi connectivity index (χ2v) is 5.76. The minimum Gasteiger partial charge on any atom is -0.497 e. The molecule has 1 aromatic carbocycles. The third-order valence-corrected chi connectivity index (χ3v) is 3.93. The van der Waals surface area contributed by atoms with Gasteiger partial charge in [-0.2, -0.15) is 0 Å². The molecule has 0 spiro atoms. The molecule has 19 heavy (non-hydrogen) atoms. The van der Waals surface area contributed by atoms with E-state index in [0.29, 0.717) is 12.6 Å². The van der Waals surface area contributed by atoms with Crippen LogP contribution in [-0.2, 0) is 0 Å². The maximum atomic E-state index is 6.05. The zero-order valence-electron chi connectivity index (χ0n) is 12.3. The van der Waals surface area contributed by atoms with E-state index in [1.54, 1.807) is 7.11 Å². The predicted molar refractivity (Wildman–Crippen MR) is 79.4 cm³/mol. The van der Waals surface area contributed by atoms with E-state index < -0.39 is 0 Å². The van der Waals surface area contributed by atoms with Gasteiger partial charge in [0.1, 0.15) is 5.75 Å². The molecule has 0 radical (unpaired) electrons. The molecule has 1 fully saturated rings. The Morgan fingerprint density at radius 2 is 2.11 bits per heavy atom. The van der Waals surface area contributed by atoms with Crippen LogP contribution in [0.5, 0.6) is 5.75 Å². The highest BCUT2D eigenvalue weighted by atomic mass is 16.5. The summed E-state index contributed by atoms with van der Waals surface area (Å²) in [5.41, 5.74) is 7.31. The number of rotatable bonds is 7. The molecule has 3 nitrogen and oxygen atoms in total. The highest BCUT2D eigenvalue weighted by Crippen LogP contribution is 2.34. The van der Waals surface area contributed by atoms with Crippen LogP contribution >= 0.6 is 0 Å². The van der Waals surface area contributed by atoms with Crippen LogP contribution in [0, 0.1) is 5.92 Å². The molecule has 3 heteroatoms. The maximum Gasteiger partial charge on any atom is 0.119 e. The number of hydrogen-bond donors (Lipinski definition) is 1. The van der Waals surface area contributed by atoms with E-state index in [-0.39, 0.29) is 6.04 Å². The van der Waals surface area contributed by atoms with Crippen molar-refractivity contribution in [1.82, 2.24) is 4.90 Å². The summed E-state index contributed by atoms with van der Waals surface area (Å²) in [4.78, 5) is 2.53. The number of methoxy groups -OCH3 is 1. The molecule has 0 bridgehead atoms. The SMILES string of the molecule is COc1cccc(C(CN)N(CC2CC2)C(C)C)c1. The molecular formula is C16H26N2O. The third-order valence-electron chi connectivity index (χ3n) is 3.93. The van der Waals surface area contributed by atoms with Crippen LogP contribution in [0.4, 0.5) is 0 Å². The molecule has 2 N–H and O–H groups in total. The smallest absolute Gasteiger partial charge is 0.119 e. The van der Waals surface area contributed by atoms with Gasteiger partial charge in [-0.25, -0.2) is 0 Å². The molecule has 1 aromatic rings. The zero-order valence-corrected chi connectivity index (χ0v) is 12.3. The summed E-state index contributed by atoms with van der Waals surface area (Å²) in [5.74, 6) is 1.79. The minimum absolute atomic E-state index is 0.288. The minimum atomic E-state index is 0.288. The average molecular weight is 262 g/mol. The van der Waals surface area contributed by atoms with Crippen LogP contribution in [0.3, 0.4) is 0 Å². The topological polar surface area (TPSA) is 38.5 Å². The van der Waals surface area contributed by atoms with Crippen molar-refractivity contribution in [2.75, 3.05) is 20.2 Å². The van der Waals surface area contributed by atoms with E-state index in [4.69, 9.17) is 10.5 Å². The van der Waals surface area contributed by atoms with Crippen LogP contribution in [0.2, 0.25) is 0 Å². The Kier molecular flexibility index (Phi) is 4.83. The van der Waals surface area contributed by atoms with Crippen molar-refractivity contribution in [2.45, 2.75) is 38.8 Å². The van der Waals surface area contributed by atoms with E-state index in [1.165, 1.54) is 18.4 Å². The number of hydrogen-bond acceptors (Lipinski definition) is 3. The van der Waals surface area contributed by atoms with Gasteiger partial charge in [0.15, 0.2) is 0 Å². The lowest BCUT2D eigenvalue weighted by molar-refractivity contribution is 0.149. The lowest BCUT2D eigenvalue weighted by Crippen LogP contribution is -2.40. The second-order valence-electron chi connectivity index (χ2n) is 5.76. The van der Waals surface area contributed by atoms with Crippen LogP contribution < -0.4 is 10.5 Å². The summed E-state index contributed by atoms with van der Waals surface area (Å²) in [6.45, 7) is 6.32. The van der Waals surface area contributed by atoms with Crippen LogP contribution in [0.15, 0.2) is 24.3 Å². The number of ether oxygens (including phenoxy) is 1. The molecule has 0 saturated heterocycles. The monoisotopic (exact) mass is 262 g/mol. The van der Waals surface area contributed by atoms with Crippen molar-refractivity contribution in [3.8, 4) is 5.75 Å². The van der Waals surface area contributed by atoms with Gasteiger partial charge < -0.3 is 10.5 Å². The lowest BCUT2D eigenvalue weighted by atomic mass is 10.0. The molecule has 2 rings (SSSR count). The molecule has 1 atom stereocenters. The van der Waals surface area contributed by atoms with Gasteiger partial charge in [0, 0.05) is 25.2 Å². The molecule has 0 amide bonds. The Balaban J connectivity index is 2.19. The number of nitrogens with zero attached hydrogens (tertiary/aromatic N) is 1. The Hall–Kier alpha value is -1.06. The van der Waals surface area contributed by atoms with E-state index in [0.717, 1.165) is 18.2 Å². The van der Waals surface area contributed by atoms with Gasteiger partial charge in [-0.15, -0.1) is 0 Å². The highest BCUT2D eigenvalue weighted by Gasteiger charge is 2.29. The van der Waals surface area contributed by atoms with E-state index in [9.17, 15) is 0 Å². The van der Waals surface area contributed by atoms with Gasteiger partial charge in [0.05, 0.1) is 7.11 Å². The molecule has 106 valence electrons. The summed E-state index contributed by atoms with van der Waals surface area (Å²) in [7, 11) is 1.71. The fourth-order valence-electron chi connectivity index (χ4n) is 2.61. The Labute approximate surface area is 116 Å². The molecule has 1 aliphatic rings. The first kappa shape index (κ1) is 14.4. The average Bonchev–Trinajstić information content (AvgIpc) is 3.22.